The molecule has 0 aromatic heterocycles. The van der Waals surface area contributed by atoms with Crippen LogP contribution in [-0.2, 0) is 14.8 Å². The van der Waals surface area contributed by atoms with Crippen LogP contribution < -0.4 is 9.62 Å². The Balaban J connectivity index is 1.71. The minimum atomic E-state index is -4.13. The van der Waals surface area contributed by atoms with Crippen molar-refractivity contribution in [3.05, 3.63) is 130 Å². The van der Waals surface area contributed by atoms with Crippen LogP contribution in [0.15, 0.2) is 108 Å². The zero-order valence-corrected chi connectivity index (χ0v) is 21.8. The number of halogens is 2. The molecular weight excluding hydrogens is 515 g/mol. The molecule has 4 rings (SSSR count). The van der Waals surface area contributed by atoms with E-state index in [4.69, 9.17) is 23.2 Å². The Labute approximate surface area is 221 Å². The molecule has 4 aromatic rings. The summed E-state index contributed by atoms with van der Waals surface area (Å²) in [6.07, 6.45) is 0. The summed E-state index contributed by atoms with van der Waals surface area (Å²) in [7, 11) is -4.13. The van der Waals surface area contributed by atoms with E-state index in [2.05, 4.69) is 5.32 Å². The number of anilines is 1. The monoisotopic (exact) mass is 538 g/mol. The molecule has 5 nitrogen and oxygen atoms in total. The number of hydrogen-bond acceptors (Lipinski definition) is 3. The summed E-state index contributed by atoms with van der Waals surface area (Å²) in [5, 5.41) is 3.24. The van der Waals surface area contributed by atoms with Crippen molar-refractivity contribution in [3.63, 3.8) is 0 Å². The number of benzene rings is 4. The fourth-order valence-corrected chi connectivity index (χ4v) is 5.71. The molecule has 0 fully saturated rings. The highest BCUT2D eigenvalue weighted by atomic mass is 35.5. The molecule has 0 aliphatic rings. The summed E-state index contributed by atoms with van der Waals surface area (Å²) in [6.45, 7) is 1.49. The van der Waals surface area contributed by atoms with Gasteiger partial charge in [-0.1, -0.05) is 108 Å². The standard InChI is InChI=1S/C28H24Cl2N2O3S/c1-20-15-17-22(18-16-20)28(21-9-4-2-5-10-21)31-26(33)19-32(25-14-8-13-24(29)27(25)30)36(34,35)23-11-6-3-7-12-23/h2-18,28H,19H2,1H3,(H,31,33). The molecular formula is C28H24Cl2N2O3S. The molecule has 1 N–H and O–H groups in total. The molecule has 8 heteroatoms. The van der Waals surface area contributed by atoms with Gasteiger partial charge in [-0.3, -0.25) is 9.10 Å². The summed E-state index contributed by atoms with van der Waals surface area (Å²) >= 11 is 12.6. The van der Waals surface area contributed by atoms with Crippen molar-refractivity contribution >= 4 is 44.8 Å². The predicted octanol–water partition coefficient (Wildman–Crippen LogP) is 6.40. The summed E-state index contributed by atoms with van der Waals surface area (Å²) in [6, 6.07) is 29.4. The first-order valence-electron chi connectivity index (χ1n) is 11.2. The second-order valence-electron chi connectivity index (χ2n) is 8.22. The van der Waals surface area contributed by atoms with Crippen molar-refractivity contribution in [2.45, 2.75) is 17.9 Å². The third kappa shape index (κ3) is 5.73. The number of carbonyl (C=O) groups is 1. The van der Waals surface area contributed by atoms with Gasteiger partial charge in [-0.25, -0.2) is 8.42 Å². The quantitative estimate of drug-likeness (QED) is 0.282. The summed E-state index contributed by atoms with van der Waals surface area (Å²) in [5.41, 5.74) is 2.95. The van der Waals surface area contributed by atoms with E-state index in [1.165, 1.54) is 18.2 Å². The van der Waals surface area contributed by atoms with Gasteiger partial charge in [0, 0.05) is 0 Å². The number of nitrogens with zero attached hydrogens (tertiary/aromatic N) is 1. The smallest absolute Gasteiger partial charge is 0.264 e. The highest BCUT2D eigenvalue weighted by Crippen LogP contribution is 2.35. The highest BCUT2D eigenvalue weighted by Gasteiger charge is 2.30. The van der Waals surface area contributed by atoms with E-state index in [0.717, 1.165) is 21.0 Å². The van der Waals surface area contributed by atoms with Gasteiger partial charge in [0.15, 0.2) is 0 Å². The molecule has 0 saturated heterocycles. The van der Waals surface area contributed by atoms with Crippen molar-refractivity contribution in [2.24, 2.45) is 0 Å². The Bertz CT molecular complexity index is 1450. The molecule has 0 spiro atoms. The van der Waals surface area contributed by atoms with E-state index in [0.29, 0.717) is 0 Å². The van der Waals surface area contributed by atoms with Crippen molar-refractivity contribution in [2.75, 3.05) is 10.8 Å². The number of amides is 1. The second kappa shape index (κ2) is 11.2. The maximum absolute atomic E-state index is 13.6. The lowest BCUT2D eigenvalue weighted by molar-refractivity contribution is -0.120. The predicted molar refractivity (Wildman–Crippen MR) is 145 cm³/mol. The molecule has 0 bridgehead atoms. The number of aryl methyl sites for hydroxylation is 1. The van der Waals surface area contributed by atoms with Gasteiger partial charge in [-0.05, 0) is 42.3 Å². The summed E-state index contributed by atoms with van der Waals surface area (Å²) in [5.74, 6) is -0.500. The molecule has 1 unspecified atom stereocenters. The average molecular weight is 539 g/mol. The van der Waals surface area contributed by atoms with Gasteiger partial charge in [0.25, 0.3) is 10.0 Å². The molecule has 36 heavy (non-hydrogen) atoms. The zero-order valence-electron chi connectivity index (χ0n) is 19.4. The largest absolute Gasteiger partial charge is 0.344 e. The average Bonchev–Trinajstić information content (AvgIpc) is 2.89. The number of carbonyl (C=O) groups excluding carboxylic acids is 1. The van der Waals surface area contributed by atoms with Gasteiger partial charge >= 0.3 is 0 Å². The molecule has 184 valence electrons. The van der Waals surface area contributed by atoms with Gasteiger partial charge in [-0.15, -0.1) is 0 Å². The second-order valence-corrected chi connectivity index (χ2v) is 10.9. The molecule has 0 radical (unpaired) electrons. The van der Waals surface area contributed by atoms with Gasteiger partial charge in [0.05, 0.1) is 26.7 Å². The first kappa shape index (κ1) is 25.8. The Morgan fingerprint density at radius 2 is 1.39 bits per heavy atom. The first-order valence-corrected chi connectivity index (χ1v) is 13.4. The van der Waals surface area contributed by atoms with E-state index in [9.17, 15) is 13.2 Å². The Kier molecular flexibility index (Phi) is 7.99. The molecule has 0 aliphatic carbocycles. The molecule has 0 aliphatic heterocycles. The fraction of sp³-hybridized carbons (Fsp3) is 0.107. The van der Waals surface area contributed by atoms with Crippen LogP contribution >= 0.6 is 23.2 Å². The third-order valence-electron chi connectivity index (χ3n) is 5.67. The van der Waals surface area contributed by atoms with Crippen molar-refractivity contribution in [1.29, 1.82) is 0 Å². The van der Waals surface area contributed by atoms with Crippen LogP contribution in [-0.4, -0.2) is 20.9 Å². The molecule has 0 saturated carbocycles. The van der Waals surface area contributed by atoms with Crippen LogP contribution in [0.4, 0.5) is 5.69 Å². The Hall–Kier alpha value is -3.32. The molecule has 0 heterocycles. The molecule has 1 amide bonds. The van der Waals surface area contributed by atoms with Gasteiger partial charge < -0.3 is 5.32 Å². The Morgan fingerprint density at radius 1 is 0.806 bits per heavy atom. The van der Waals surface area contributed by atoms with Gasteiger partial charge in [-0.2, -0.15) is 0 Å². The van der Waals surface area contributed by atoms with E-state index in [1.54, 1.807) is 30.3 Å². The lowest BCUT2D eigenvalue weighted by atomic mass is 9.98. The zero-order chi connectivity index (χ0) is 25.7. The molecule has 4 aromatic carbocycles. The normalized spacial score (nSPS) is 12.1. The SMILES string of the molecule is Cc1ccc(C(NC(=O)CN(c2cccc(Cl)c2Cl)S(=O)(=O)c2ccccc2)c2ccccc2)cc1. The molecule has 1 atom stereocenters. The number of sulfonamides is 1. The summed E-state index contributed by atoms with van der Waals surface area (Å²) < 4.78 is 28.3. The van der Waals surface area contributed by atoms with Crippen LogP contribution in [0.3, 0.4) is 0 Å². The van der Waals surface area contributed by atoms with Crippen molar-refractivity contribution in [3.8, 4) is 0 Å². The fourth-order valence-electron chi connectivity index (χ4n) is 3.80. The van der Waals surface area contributed by atoms with Crippen molar-refractivity contribution < 1.29 is 13.2 Å². The van der Waals surface area contributed by atoms with E-state index in [1.807, 2.05) is 61.5 Å². The number of rotatable bonds is 8. The van der Waals surface area contributed by atoms with Crippen LogP contribution in [0, 0.1) is 6.92 Å². The number of hydrogen-bond donors (Lipinski definition) is 1. The first-order chi connectivity index (χ1) is 17.3. The summed E-state index contributed by atoms with van der Waals surface area (Å²) in [4.78, 5) is 13.5. The minimum absolute atomic E-state index is 0.0342. The van der Waals surface area contributed by atoms with E-state index in [-0.39, 0.29) is 20.6 Å². The van der Waals surface area contributed by atoms with Gasteiger partial charge in [0.2, 0.25) is 5.91 Å². The topological polar surface area (TPSA) is 66.5 Å². The maximum atomic E-state index is 13.6. The van der Waals surface area contributed by atoms with E-state index >= 15 is 0 Å². The lowest BCUT2D eigenvalue weighted by Gasteiger charge is -2.27. The minimum Gasteiger partial charge on any atom is -0.344 e. The third-order valence-corrected chi connectivity index (χ3v) is 8.25. The number of nitrogens with one attached hydrogen (secondary N) is 1. The van der Waals surface area contributed by atoms with Crippen LogP contribution in [0.2, 0.25) is 10.0 Å². The lowest BCUT2D eigenvalue weighted by Crippen LogP contribution is -2.42. The maximum Gasteiger partial charge on any atom is 0.264 e. The van der Waals surface area contributed by atoms with Gasteiger partial charge in [0.1, 0.15) is 6.54 Å². The van der Waals surface area contributed by atoms with Crippen molar-refractivity contribution in [1.82, 2.24) is 5.32 Å². The Morgan fingerprint density at radius 3 is 2.03 bits per heavy atom. The highest BCUT2D eigenvalue weighted by molar-refractivity contribution is 7.92. The van der Waals surface area contributed by atoms with Crippen LogP contribution in [0.1, 0.15) is 22.7 Å². The van der Waals surface area contributed by atoms with Crippen LogP contribution in [0.5, 0.6) is 0 Å². The van der Waals surface area contributed by atoms with Crippen LogP contribution in [0.25, 0.3) is 0 Å². The van der Waals surface area contributed by atoms with E-state index < -0.39 is 28.5 Å².